The summed E-state index contributed by atoms with van der Waals surface area (Å²) < 4.78 is 10.9. The summed E-state index contributed by atoms with van der Waals surface area (Å²) in [7, 11) is 0. The molecule has 9 heteroatoms. The Kier molecular flexibility index (Phi) is 10.4. The van der Waals surface area contributed by atoms with Gasteiger partial charge in [-0.2, -0.15) is 15.0 Å². The second kappa shape index (κ2) is 14.4. The molecule has 0 unspecified atom stereocenters. The summed E-state index contributed by atoms with van der Waals surface area (Å²) in [5.41, 5.74) is 7.73. The molecule has 1 saturated heterocycles. The highest BCUT2D eigenvalue weighted by Gasteiger charge is 2.20. The van der Waals surface area contributed by atoms with E-state index in [0.29, 0.717) is 63.3 Å². The first-order valence-electron chi connectivity index (χ1n) is 12.7. The average Bonchev–Trinajstić information content (AvgIpc) is 2.92. The van der Waals surface area contributed by atoms with Gasteiger partial charge in [0.1, 0.15) is 0 Å². The SMILES string of the molecule is NCCOCCOCCNc1nc(NC2CCN(Cc3ccccc3)CC2)nc(-c2ccccc2)n1. The van der Waals surface area contributed by atoms with Crippen molar-refractivity contribution in [3.63, 3.8) is 0 Å². The van der Waals surface area contributed by atoms with E-state index in [4.69, 9.17) is 20.2 Å². The largest absolute Gasteiger partial charge is 0.378 e. The van der Waals surface area contributed by atoms with E-state index in [1.165, 1.54) is 5.56 Å². The van der Waals surface area contributed by atoms with Gasteiger partial charge in [0.05, 0.1) is 26.4 Å². The number of hydrogen-bond donors (Lipinski definition) is 3. The molecule has 9 nitrogen and oxygen atoms in total. The van der Waals surface area contributed by atoms with E-state index in [-0.39, 0.29) is 0 Å². The van der Waals surface area contributed by atoms with Crippen LogP contribution in [-0.2, 0) is 16.0 Å². The van der Waals surface area contributed by atoms with Crippen LogP contribution >= 0.6 is 0 Å². The van der Waals surface area contributed by atoms with E-state index in [2.05, 4.69) is 55.8 Å². The molecule has 0 aliphatic carbocycles. The summed E-state index contributed by atoms with van der Waals surface area (Å²) in [6.45, 7) is 6.34. The van der Waals surface area contributed by atoms with Crippen molar-refractivity contribution in [1.82, 2.24) is 19.9 Å². The van der Waals surface area contributed by atoms with E-state index >= 15 is 0 Å². The minimum atomic E-state index is 0.327. The Hall–Kier alpha value is -3.11. The zero-order valence-corrected chi connectivity index (χ0v) is 20.8. The Morgan fingerprint density at radius 2 is 1.47 bits per heavy atom. The molecule has 2 aromatic carbocycles. The van der Waals surface area contributed by atoms with Gasteiger partial charge >= 0.3 is 0 Å². The quantitative estimate of drug-likeness (QED) is 0.293. The number of nitrogens with zero attached hydrogens (tertiary/aromatic N) is 4. The number of nitrogens with two attached hydrogens (primary N) is 1. The molecule has 0 radical (unpaired) electrons. The predicted molar refractivity (Wildman–Crippen MR) is 143 cm³/mol. The predicted octanol–water partition coefficient (Wildman–Crippen LogP) is 3.02. The number of benzene rings is 2. The van der Waals surface area contributed by atoms with Crippen LogP contribution in [0.2, 0.25) is 0 Å². The van der Waals surface area contributed by atoms with E-state index < -0.39 is 0 Å². The van der Waals surface area contributed by atoms with Gasteiger partial charge < -0.3 is 25.8 Å². The first-order valence-corrected chi connectivity index (χ1v) is 12.7. The van der Waals surface area contributed by atoms with Crippen molar-refractivity contribution >= 4 is 11.9 Å². The Labute approximate surface area is 213 Å². The molecule has 4 N–H and O–H groups in total. The fraction of sp³-hybridized carbons (Fsp3) is 0.444. The minimum Gasteiger partial charge on any atom is -0.378 e. The number of hydrogen-bond acceptors (Lipinski definition) is 9. The second-order valence-corrected chi connectivity index (χ2v) is 8.79. The number of piperidine rings is 1. The number of likely N-dealkylation sites (tertiary alicyclic amines) is 1. The molecule has 4 rings (SSSR count). The molecule has 1 aliphatic heterocycles. The second-order valence-electron chi connectivity index (χ2n) is 8.79. The van der Waals surface area contributed by atoms with Crippen molar-refractivity contribution in [2.45, 2.75) is 25.4 Å². The summed E-state index contributed by atoms with van der Waals surface area (Å²) in [6.07, 6.45) is 2.09. The summed E-state index contributed by atoms with van der Waals surface area (Å²) in [6, 6.07) is 21.0. The van der Waals surface area contributed by atoms with Gasteiger partial charge in [0.25, 0.3) is 0 Å². The summed E-state index contributed by atoms with van der Waals surface area (Å²) in [4.78, 5) is 16.5. The fourth-order valence-electron chi connectivity index (χ4n) is 4.14. The highest BCUT2D eigenvalue weighted by Crippen LogP contribution is 2.20. The molecule has 2 heterocycles. The van der Waals surface area contributed by atoms with Gasteiger partial charge in [0.15, 0.2) is 5.82 Å². The number of aromatic nitrogens is 3. The molecule has 0 atom stereocenters. The maximum absolute atomic E-state index is 5.60. The third kappa shape index (κ3) is 8.53. The molecule has 1 aliphatic rings. The molecule has 0 spiro atoms. The van der Waals surface area contributed by atoms with Crippen LogP contribution in [0.4, 0.5) is 11.9 Å². The molecule has 36 heavy (non-hydrogen) atoms. The van der Waals surface area contributed by atoms with Crippen LogP contribution in [0.25, 0.3) is 11.4 Å². The summed E-state index contributed by atoms with van der Waals surface area (Å²) in [5.74, 6) is 1.79. The first kappa shape index (κ1) is 26.0. The lowest BCUT2D eigenvalue weighted by atomic mass is 10.0. The topological polar surface area (TPSA) is 110 Å². The standard InChI is InChI=1S/C27H37N7O2/c28-13-17-35-19-20-36-18-14-29-26-31-25(23-9-5-2-6-10-23)32-27(33-26)30-24-11-15-34(16-12-24)21-22-7-3-1-4-8-22/h1-10,24H,11-21,28H2,(H2,29,30,31,32,33). The van der Waals surface area contributed by atoms with Gasteiger partial charge in [-0.3, -0.25) is 4.90 Å². The third-order valence-corrected chi connectivity index (χ3v) is 6.00. The Morgan fingerprint density at radius 1 is 0.806 bits per heavy atom. The van der Waals surface area contributed by atoms with Crippen LogP contribution in [0, 0.1) is 0 Å². The molecule has 192 valence electrons. The summed E-state index contributed by atoms with van der Waals surface area (Å²) >= 11 is 0. The lowest BCUT2D eigenvalue weighted by Crippen LogP contribution is -2.39. The molecule has 0 bridgehead atoms. The number of anilines is 2. The molecule has 0 saturated carbocycles. The maximum Gasteiger partial charge on any atom is 0.228 e. The molecular weight excluding hydrogens is 454 g/mol. The van der Waals surface area contributed by atoms with Crippen LogP contribution in [0.5, 0.6) is 0 Å². The van der Waals surface area contributed by atoms with Gasteiger partial charge in [-0.05, 0) is 18.4 Å². The van der Waals surface area contributed by atoms with Crippen molar-refractivity contribution in [3.05, 3.63) is 66.2 Å². The highest BCUT2D eigenvalue weighted by atomic mass is 16.5. The van der Waals surface area contributed by atoms with Crippen LogP contribution in [-0.4, -0.2) is 78.5 Å². The Morgan fingerprint density at radius 3 is 2.19 bits per heavy atom. The molecular formula is C27H37N7O2. The normalized spacial score (nSPS) is 14.6. The number of ether oxygens (including phenoxy) is 2. The van der Waals surface area contributed by atoms with E-state index in [9.17, 15) is 0 Å². The fourth-order valence-corrected chi connectivity index (χ4v) is 4.14. The van der Waals surface area contributed by atoms with Gasteiger partial charge in [-0.15, -0.1) is 0 Å². The minimum absolute atomic E-state index is 0.327. The van der Waals surface area contributed by atoms with Crippen LogP contribution in [0.3, 0.4) is 0 Å². The number of nitrogens with one attached hydrogen (secondary N) is 2. The van der Waals surface area contributed by atoms with Crippen molar-refractivity contribution < 1.29 is 9.47 Å². The molecule has 0 amide bonds. The third-order valence-electron chi connectivity index (χ3n) is 6.00. The van der Waals surface area contributed by atoms with Gasteiger partial charge in [0.2, 0.25) is 11.9 Å². The highest BCUT2D eigenvalue weighted by molar-refractivity contribution is 5.57. The average molecular weight is 492 g/mol. The van der Waals surface area contributed by atoms with Crippen LogP contribution in [0.1, 0.15) is 18.4 Å². The van der Waals surface area contributed by atoms with E-state index in [0.717, 1.165) is 38.0 Å². The van der Waals surface area contributed by atoms with Crippen molar-refractivity contribution in [3.8, 4) is 11.4 Å². The van der Waals surface area contributed by atoms with Crippen LogP contribution < -0.4 is 16.4 Å². The number of rotatable bonds is 14. The summed E-state index contributed by atoms with van der Waals surface area (Å²) in [5, 5.41) is 6.83. The lowest BCUT2D eigenvalue weighted by molar-refractivity contribution is 0.0547. The van der Waals surface area contributed by atoms with E-state index in [1.807, 2.05) is 30.3 Å². The van der Waals surface area contributed by atoms with Crippen molar-refractivity contribution in [2.24, 2.45) is 5.73 Å². The Bertz CT molecular complexity index is 1020. The smallest absolute Gasteiger partial charge is 0.228 e. The Balaban J connectivity index is 1.32. The first-order chi connectivity index (χ1) is 17.8. The zero-order valence-electron chi connectivity index (χ0n) is 20.8. The monoisotopic (exact) mass is 491 g/mol. The zero-order chi connectivity index (χ0) is 24.8. The van der Waals surface area contributed by atoms with Gasteiger partial charge in [-0.1, -0.05) is 60.7 Å². The molecule has 1 aromatic heterocycles. The van der Waals surface area contributed by atoms with E-state index in [1.54, 1.807) is 0 Å². The maximum atomic E-state index is 5.60. The van der Waals surface area contributed by atoms with Crippen molar-refractivity contribution in [1.29, 1.82) is 0 Å². The van der Waals surface area contributed by atoms with Gasteiger partial charge in [0, 0.05) is 44.3 Å². The molecule has 3 aromatic rings. The van der Waals surface area contributed by atoms with Crippen LogP contribution in [0.15, 0.2) is 60.7 Å². The van der Waals surface area contributed by atoms with Crippen molar-refractivity contribution in [2.75, 3.05) is 63.2 Å². The lowest BCUT2D eigenvalue weighted by Gasteiger charge is -2.32. The van der Waals surface area contributed by atoms with Gasteiger partial charge in [-0.25, -0.2) is 0 Å². The molecule has 1 fully saturated rings.